The van der Waals surface area contributed by atoms with Gasteiger partial charge in [-0.2, -0.15) is 0 Å². The van der Waals surface area contributed by atoms with Crippen molar-refractivity contribution in [1.82, 2.24) is 9.80 Å². The Morgan fingerprint density at radius 2 is 1.75 bits per heavy atom. The number of carbonyl (C=O) groups is 2. The van der Waals surface area contributed by atoms with Gasteiger partial charge in [0.2, 0.25) is 5.75 Å². The minimum Gasteiger partial charge on any atom is -0.493 e. The summed E-state index contributed by atoms with van der Waals surface area (Å²) in [5, 5.41) is 0. The predicted molar refractivity (Wildman–Crippen MR) is 118 cm³/mol. The number of hydrogen-bond donors (Lipinski definition) is 0. The van der Waals surface area contributed by atoms with Crippen LogP contribution in [0, 0.1) is 5.82 Å². The van der Waals surface area contributed by atoms with E-state index in [0.717, 1.165) is 5.56 Å². The zero-order valence-electron chi connectivity index (χ0n) is 18.8. The molecule has 1 fully saturated rings. The van der Waals surface area contributed by atoms with E-state index in [1.807, 2.05) is 6.92 Å². The predicted octanol–water partition coefficient (Wildman–Crippen LogP) is 3.16. The van der Waals surface area contributed by atoms with Gasteiger partial charge in [-0.15, -0.1) is 0 Å². The van der Waals surface area contributed by atoms with Crippen LogP contribution in [0.5, 0.6) is 17.2 Å². The number of rotatable bonds is 8. The lowest BCUT2D eigenvalue weighted by Crippen LogP contribution is -2.58. The maximum atomic E-state index is 13.2. The molecule has 0 aromatic heterocycles. The lowest BCUT2D eigenvalue weighted by Gasteiger charge is -2.44. The molecule has 0 radical (unpaired) electrons. The summed E-state index contributed by atoms with van der Waals surface area (Å²) in [5.74, 6) is 0.562. The van der Waals surface area contributed by atoms with Crippen molar-refractivity contribution >= 4 is 12.2 Å². The first-order valence-electron chi connectivity index (χ1n) is 10.5. The van der Waals surface area contributed by atoms with E-state index < -0.39 is 0 Å². The highest BCUT2D eigenvalue weighted by Crippen LogP contribution is 2.38. The molecule has 1 amide bonds. The minimum absolute atomic E-state index is 0.0134. The zero-order chi connectivity index (χ0) is 23.3. The fourth-order valence-corrected chi connectivity index (χ4v) is 3.94. The van der Waals surface area contributed by atoms with Crippen LogP contribution in [0.3, 0.4) is 0 Å². The Balaban J connectivity index is 1.64. The molecule has 1 aliphatic heterocycles. The number of amides is 1. The average Bonchev–Trinajstić information content (AvgIpc) is 2.80. The molecule has 32 heavy (non-hydrogen) atoms. The Morgan fingerprint density at radius 1 is 1.06 bits per heavy atom. The van der Waals surface area contributed by atoms with Gasteiger partial charge in [0.05, 0.1) is 14.2 Å². The summed E-state index contributed by atoms with van der Waals surface area (Å²) in [6.45, 7) is 5.83. The van der Waals surface area contributed by atoms with Gasteiger partial charge in [0.25, 0.3) is 5.91 Å². The van der Waals surface area contributed by atoms with Crippen molar-refractivity contribution in [2.45, 2.75) is 32.5 Å². The number of methoxy groups -OCH3 is 2. The van der Waals surface area contributed by atoms with E-state index in [1.165, 1.54) is 32.4 Å². The average molecular weight is 445 g/mol. The van der Waals surface area contributed by atoms with Gasteiger partial charge < -0.3 is 19.1 Å². The van der Waals surface area contributed by atoms with Crippen LogP contribution in [0.1, 0.15) is 29.8 Å². The lowest BCUT2D eigenvalue weighted by molar-refractivity contribution is -0.139. The summed E-state index contributed by atoms with van der Waals surface area (Å²) in [7, 11) is 2.94. The fraction of sp³-hybridized carbons (Fsp3) is 0.417. The zero-order valence-corrected chi connectivity index (χ0v) is 18.8. The minimum atomic E-state index is -0.251. The number of nitrogens with zero attached hydrogens (tertiary/aromatic N) is 2. The molecule has 0 bridgehead atoms. The SMILES string of the molecule is COc1cc(C=O)cc(OCC(=O)N2CC(C)N(Cc3ccc(F)cc3)CC2C)c1OC. The van der Waals surface area contributed by atoms with Crippen molar-refractivity contribution in [3.8, 4) is 17.2 Å². The molecule has 0 spiro atoms. The fourth-order valence-electron chi connectivity index (χ4n) is 3.94. The number of hydrogen-bond acceptors (Lipinski definition) is 6. The van der Waals surface area contributed by atoms with E-state index in [4.69, 9.17) is 14.2 Å². The Kier molecular flexibility index (Phi) is 7.69. The Hall–Kier alpha value is -3.13. The molecule has 1 heterocycles. The molecule has 2 aromatic rings. The molecule has 2 aromatic carbocycles. The molecule has 0 aliphatic carbocycles. The molecular weight excluding hydrogens is 415 g/mol. The lowest BCUT2D eigenvalue weighted by atomic mass is 10.1. The van der Waals surface area contributed by atoms with Crippen molar-refractivity contribution in [2.75, 3.05) is 33.9 Å². The topological polar surface area (TPSA) is 68.3 Å². The van der Waals surface area contributed by atoms with E-state index in [2.05, 4.69) is 11.8 Å². The molecule has 3 rings (SSSR count). The van der Waals surface area contributed by atoms with E-state index in [1.54, 1.807) is 23.1 Å². The summed E-state index contributed by atoms with van der Waals surface area (Å²) in [6.07, 6.45) is 0.681. The number of ether oxygens (including phenoxy) is 3. The standard InChI is InChI=1S/C24H29FN2O5/c1-16-12-27(17(2)11-26(16)13-18-5-7-20(25)8-6-18)23(29)15-32-22-10-19(14-28)9-21(30-3)24(22)31-4/h5-10,14,16-17H,11-13,15H2,1-4H3. The van der Waals surface area contributed by atoms with Crippen LogP contribution < -0.4 is 14.2 Å². The first kappa shape index (κ1) is 23.5. The smallest absolute Gasteiger partial charge is 0.260 e. The van der Waals surface area contributed by atoms with Crippen LogP contribution in [0.4, 0.5) is 4.39 Å². The third-order valence-electron chi connectivity index (χ3n) is 5.69. The Labute approximate surface area is 187 Å². The van der Waals surface area contributed by atoms with Gasteiger partial charge in [-0.05, 0) is 43.7 Å². The summed E-state index contributed by atoms with van der Waals surface area (Å²) in [4.78, 5) is 28.2. The van der Waals surface area contributed by atoms with Crippen LogP contribution >= 0.6 is 0 Å². The van der Waals surface area contributed by atoms with Crippen molar-refractivity contribution in [3.05, 3.63) is 53.3 Å². The highest BCUT2D eigenvalue weighted by Gasteiger charge is 2.32. The quantitative estimate of drug-likeness (QED) is 0.583. The van der Waals surface area contributed by atoms with Gasteiger partial charge in [0.15, 0.2) is 18.1 Å². The van der Waals surface area contributed by atoms with Crippen LogP contribution in [-0.4, -0.2) is 68.0 Å². The van der Waals surface area contributed by atoms with Crippen molar-refractivity contribution in [3.63, 3.8) is 0 Å². The number of aldehydes is 1. The van der Waals surface area contributed by atoms with E-state index in [-0.39, 0.29) is 36.2 Å². The number of benzene rings is 2. The first-order valence-corrected chi connectivity index (χ1v) is 10.5. The summed E-state index contributed by atoms with van der Waals surface area (Å²) in [6, 6.07) is 9.68. The first-order chi connectivity index (χ1) is 15.4. The van der Waals surface area contributed by atoms with Crippen molar-refractivity contribution in [2.24, 2.45) is 0 Å². The van der Waals surface area contributed by atoms with Crippen LogP contribution in [0.15, 0.2) is 36.4 Å². The normalized spacial score (nSPS) is 18.8. The van der Waals surface area contributed by atoms with E-state index >= 15 is 0 Å². The largest absolute Gasteiger partial charge is 0.493 e. The molecular formula is C24H29FN2O5. The van der Waals surface area contributed by atoms with Gasteiger partial charge in [-0.25, -0.2) is 4.39 Å². The number of piperazine rings is 1. The highest BCUT2D eigenvalue weighted by molar-refractivity contribution is 5.80. The maximum Gasteiger partial charge on any atom is 0.260 e. The number of halogens is 1. The second kappa shape index (κ2) is 10.5. The third kappa shape index (κ3) is 5.37. The van der Waals surface area contributed by atoms with E-state index in [9.17, 15) is 14.0 Å². The second-order valence-corrected chi connectivity index (χ2v) is 7.96. The van der Waals surface area contributed by atoms with Gasteiger partial charge in [0.1, 0.15) is 12.1 Å². The van der Waals surface area contributed by atoms with Crippen LogP contribution in [-0.2, 0) is 11.3 Å². The van der Waals surface area contributed by atoms with E-state index in [0.29, 0.717) is 43.0 Å². The number of carbonyl (C=O) groups excluding carboxylic acids is 2. The molecule has 2 unspecified atom stereocenters. The molecule has 0 saturated carbocycles. The van der Waals surface area contributed by atoms with Gasteiger partial charge in [-0.3, -0.25) is 14.5 Å². The molecule has 1 aliphatic rings. The maximum absolute atomic E-state index is 13.2. The van der Waals surface area contributed by atoms with Crippen molar-refractivity contribution < 1.29 is 28.2 Å². The van der Waals surface area contributed by atoms with Gasteiger partial charge in [0, 0.05) is 37.3 Å². The van der Waals surface area contributed by atoms with Crippen molar-refractivity contribution in [1.29, 1.82) is 0 Å². The summed E-state index contributed by atoms with van der Waals surface area (Å²) in [5.41, 5.74) is 1.39. The highest BCUT2D eigenvalue weighted by atomic mass is 19.1. The molecule has 2 atom stereocenters. The second-order valence-electron chi connectivity index (χ2n) is 7.96. The Morgan fingerprint density at radius 3 is 2.38 bits per heavy atom. The third-order valence-corrected chi connectivity index (χ3v) is 5.69. The molecule has 172 valence electrons. The molecule has 0 N–H and O–H groups in total. The van der Waals surface area contributed by atoms with Gasteiger partial charge >= 0.3 is 0 Å². The Bertz CT molecular complexity index is 950. The summed E-state index contributed by atoms with van der Waals surface area (Å²) < 4.78 is 29.5. The van der Waals surface area contributed by atoms with Crippen LogP contribution in [0.25, 0.3) is 0 Å². The molecule has 8 heteroatoms. The summed E-state index contributed by atoms with van der Waals surface area (Å²) >= 11 is 0. The molecule has 7 nitrogen and oxygen atoms in total. The monoisotopic (exact) mass is 444 g/mol. The van der Waals surface area contributed by atoms with Crippen LogP contribution in [0.2, 0.25) is 0 Å². The van der Waals surface area contributed by atoms with Gasteiger partial charge in [-0.1, -0.05) is 12.1 Å². The molecule has 1 saturated heterocycles.